The molecule has 1 amide bonds. The van der Waals surface area contributed by atoms with Gasteiger partial charge in [-0.2, -0.15) is 5.10 Å². The van der Waals surface area contributed by atoms with E-state index in [2.05, 4.69) is 20.4 Å². The van der Waals surface area contributed by atoms with Gasteiger partial charge in [-0.1, -0.05) is 24.6 Å². The molecular weight excluding hydrogens is 252 g/mol. The summed E-state index contributed by atoms with van der Waals surface area (Å²) in [6, 6.07) is 7.69. The van der Waals surface area contributed by atoms with Crippen LogP contribution in [0, 0.1) is 0 Å². The zero-order valence-electron chi connectivity index (χ0n) is 11.6. The number of likely N-dealkylation sites (tertiary alicyclic amines) is 1. The Hall–Kier alpha value is -1.88. The Balaban J connectivity index is 1.56. The topological polar surface area (TPSA) is 61.0 Å². The second-order valence-electron chi connectivity index (χ2n) is 5.28. The molecule has 20 heavy (non-hydrogen) atoms. The average molecular weight is 272 g/mol. The number of rotatable bonds is 4. The van der Waals surface area contributed by atoms with Gasteiger partial charge >= 0.3 is 0 Å². The molecule has 5 heteroatoms. The summed E-state index contributed by atoms with van der Waals surface area (Å²) in [5.41, 5.74) is 1.38. The van der Waals surface area contributed by atoms with Crippen molar-refractivity contribution in [1.82, 2.24) is 20.4 Å². The smallest absolute Gasteiger partial charge is 0.272 e. The highest BCUT2D eigenvalue weighted by Crippen LogP contribution is 2.14. The number of amides is 1. The third-order valence-electron chi connectivity index (χ3n) is 3.85. The first-order valence-corrected chi connectivity index (χ1v) is 7.28. The van der Waals surface area contributed by atoms with Crippen molar-refractivity contribution in [2.75, 3.05) is 26.2 Å². The molecule has 0 radical (unpaired) electrons. The number of carbonyl (C=O) groups is 1. The highest BCUT2D eigenvalue weighted by Gasteiger charge is 2.14. The lowest BCUT2D eigenvalue weighted by Gasteiger charge is -2.26. The predicted octanol–water partition coefficient (Wildman–Crippen LogP) is 1.78. The molecule has 0 unspecified atom stereocenters. The van der Waals surface area contributed by atoms with E-state index < -0.39 is 0 Å². The molecule has 1 saturated heterocycles. The minimum absolute atomic E-state index is 0.0977. The van der Waals surface area contributed by atoms with Crippen LogP contribution in [0.5, 0.6) is 0 Å². The maximum atomic E-state index is 12.1. The van der Waals surface area contributed by atoms with Crippen molar-refractivity contribution in [2.45, 2.75) is 19.3 Å². The molecule has 1 aliphatic rings. The Kier molecular flexibility index (Phi) is 3.97. The highest BCUT2D eigenvalue weighted by molar-refractivity contribution is 6.04. The molecule has 2 N–H and O–H groups in total. The molecule has 1 fully saturated rings. The van der Waals surface area contributed by atoms with Crippen LogP contribution in [0.15, 0.2) is 24.3 Å². The van der Waals surface area contributed by atoms with Gasteiger partial charge in [-0.15, -0.1) is 0 Å². The lowest BCUT2D eigenvalue weighted by molar-refractivity contribution is 0.0943. The second-order valence-corrected chi connectivity index (χ2v) is 5.28. The van der Waals surface area contributed by atoms with Crippen LogP contribution in [0.2, 0.25) is 0 Å². The number of H-pyrrole nitrogens is 1. The quantitative estimate of drug-likeness (QED) is 0.892. The van der Waals surface area contributed by atoms with Crippen LogP contribution >= 0.6 is 0 Å². The second kappa shape index (κ2) is 6.05. The Labute approximate surface area is 118 Å². The standard InChI is InChI=1S/C15H20N4O/c20-15(16-8-11-19-9-4-1-5-10-19)14-12-6-2-3-7-13(12)17-18-14/h2-3,6-7H,1,4-5,8-11H2,(H,16,20)(H,17,18). The number of aromatic nitrogens is 2. The first-order chi connectivity index (χ1) is 9.84. The number of carbonyl (C=O) groups excluding carboxylic acids is 1. The number of hydrogen-bond acceptors (Lipinski definition) is 3. The summed E-state index contributed by atoms with van der Waals surface area (Å²) < 4.78 is 0. The zero-order valence-corrected chi connectivity index (χ0v) is 11.6. The van der Waals surface area contributed by atoms with Crippen LogP contribution in [-0.4, -0.2) is 47.2 Å². The molecule has 1 aromatic carbocycles. The van der Waals surface area contributed by atoms with Gasteiger partial charge in [-0.05, 0) is 32.0 Å². The summed E-state index contributed by atoms with van der Waals surface area (Å²) >= 11 is 0. The van der Waals surface area contributed by atoms with Crippen molar-refractivity contribution in [1.29, 1.82) is 0 Å². The molecule has 5 nitrogen and oxygen atoms in total. The van der Waals surface area contributed by atoms with Gasteiger partial charge in [-0.3, -0.25) is 9.89 Å². The van der Waals surface area contributed by atoms with E-state index in [0.717, 1.165) is 30.5 Å². The highest BCUT2D eigenvalue weighted by atomic mass is 16.1. The van der Waals surface area contributed by atoms with Crippen LogP contribution in [-0.2, 0) is 0 Å². The number of nitrogens with zero attached hydrogens (tertiary/aromatic N) is 2. The maximum Gasteiger partial charge on any atom is 0.272 e. The zero-order chi connectivity index (χ0) is 13.8. The van der Waals surface area contributed by atoms with Crippen LogP contribution < -0.4 is 5.32 Å². The van der Waals surface area contributed by atoms with E-state index in [-0.39, 0.29) is 5.91 Å². The summed E-state index contributed by atoms with van der Waals surface area (Å²) in [5, 5.41) is 10.8. The molecule has 0 spiro atoms. The summed E-state index contributed by atoms with van der Waals surface area (Å²) in [6.45, 7) is 3.91. The molecule has 1 aliphatic heterocycles. The normalized spacial score (nSPS) is 16.4. The van der Waals surface area contributed by atoms with Crippen LogP contribution in [0.1, 0.15) is 29.8 Å². The Morgan fingerprint density at radius 3 is 2.90 bits per heavy atom. The van der Waals surface area contributed by atoms with Crippen molar-refractivity contribution in [3.05, 3.63) is 30.0 Å². The van der Waals surface area contributed by atoms with Gasteiger partial charge in [0.15, 0.2) is 5.69 Å². The first-order valence-electron chi connectivity index (χ1n) is 7.28. The average Bonchev–Trinajstić information content (AvgIpc) is 2.92. The molecule has 1 aromatic heterocycles. The van der Waals surface area contributed by atoms with Crippen molar-refractivity contribution in [3.8, 4) is 0 Å². The SMILES string of the molecule is O=C(NCCN1CCCCC1)c1n[nH]c2ccccc12. The number of benzene rings is 1. The van der Waals surface area contributed by atoms with Gasteiger partial charge < -0.3 is 10.2 Å². The summed E-state index contributed by atoms with van der Waals surface area (Å²) in [5.74, 6) is -0.0977. The van der Waals surface area contributed by atoms with Crippen LogP contribution in [0.25, 0.3) is 10.9 Å². The number of fused-ring (bicyclic) bond motifs is 1. The van der Waals surface area contributed by atoms with Crippen LogP contribution in [0.4, 0.5) is 0 Å². The Bertz CT molecular complexity index is 586. The Morgan fingerprint density at radius 1 is 1.25 bits per heavy atom. The van der Waals surface area contributed by atoms with Crippen molar-refractivity contribution in [3.63, 3.8) is 0 Å². The Morgan fingerprint density at radius 2 is 2.05 bits per heavy atom. The number of piperidine rings is 1. The van der Waals surface area contributed by atoms with Gasteiger partial charge in [0, 0.05) is 18.5 Å². The van der Waals surface area contributed by atoms with Crippen molar-refractivity contribution in [2.24, 2.45) is 0 Å². The lowest BCUT2D eigenvalue weighted by Crippen LogP contribution is -2.37. The molecule has 3 rings (SSSR count). The fourth-order valence-corrected chi connectivity index (χ4v) is 2.73. The molecule has 0 atom stereocenters. The van der Waals surface area contributed by atoms with E-state index in [1.807, 2.05) is 24.3 Å². The minimum Gasteiger partial charge on any atom is -0.349 e. The molecule has 0 aliphatic carbocycles. The largest absolute Gasteiger partial charge is 0.349 e. The third kappa shape index (κ3) is 2.82. The van der Waals surface area contributed by atoms with Crippen molar-refractivity contribution < 1.29 is 4.79 Å². The van der Waals surface area contributed by atoms with E-state index in [1.165, 1.54) is 19.3 Å². The fraction of sp³-hybridized carbons (Fsp3) is 0.467. The molecular formula is C15H20N4O. The summed E-state index contributed by atoms with van der Waals surface area (Å²) in [4.78, 5) is 14.6. The molecule has 106 valence electrons. The molecule has 2 heterocycles. The van der Waals surface area contributed by atoms with E-state index in [9.17, 15) is 4.79 Å². The first kappa shape index (κ1) is 13.1. The summed E-state index contributed by atoms with van der Waals surface area (Å²) in [6.07, 6.45) is 3.89. The van der Waals surface area contributed by atoms with Gasteiger partial charge in [0.05, 0.1) is 5.52 Å². The van der Waals surface area contributed by atoms with Gasteiger partial charge in [0.1, 0.15) is 0 Å². The van der Waals surface area contributed by atoms with E-state index in [1.54, 1.807) is 0 Å². The minimum atomic E-state index is -0.0977. The number of para-hydroxylation sites is 1. The van der Waals surface area contributed by atoms with Crippen molar-refractivity contribution >= 4 is 16.8 Å². The van der Waals surface area contributed by atoms with E-state index in [0.29, 0.717) is 12.2 Å². The summed E-state index contributed by atoms with van der Waals surface area (Å²) in [7, 11) is 0. The maximum absolute atomic E-state index is 12.1. The third-order valence-corrected chi connectivity index (χ3v) is 3.85. The van der Waals surface area contributed by atoms with Gasteiger partial charge in [-0.25, -0.2) is 0 Å². The van der Waals surface area contributed by atoms with E-state index in [4.69, 9.17) is 0 Å². The number of aromatic amines is 1. The predicted molar refractivity (Wildman–Crippen MR) is 78.7 cm³/mol. The lowest BCUT2D eigenvalue weighted by atomic mass is 10.1. The van der Waals surface area contributed by atoms with Gasteiger partial charge in [0.25, 0.3) is 5.91 Å². The van der Waals surface area contributed by atoms with Crippen LogP contribution in [0.3, 0.4) is 0 Å². The molecule has 0 saturated carbocycles. The van der Waals surface area contributed by atoms with Gasteiger partial charge in [0.2, 0.25) is 0 Å². The number of hydrogen-bond donors (Lipinski definition) is 2. The monoisotopic (exact) mass is 272 g/mol. The molecule has 0 bridgehead atoms. The number of nitrogens with one attached hydrogen (secondary N) is 2. The van der Waals surface area contributed by atoms with E-state index >= 15 is 0 Å². The molecule has 2 aromatic rings. The fourth-order valence-electron chi connectivity index (χ4n) is 2.73.